The van der Waals surface area contributed by atoms with Crippen molar-refractivity contribution in [1.82, 2.24) is 5.32 Å². The van der Waals surface area contributed by atoms with Gasteiger partial charge in [-0.25, -0.2) is 0 Å². The summed E-state index contributed by atoms with van der Waals surface area (Å²) in [5.41, 5.74) is 0.641. The molecule has 1 saturated heterocycles. The summed E-state index contributed by atoms with van der Waals surface area (Å²) < 4.78 is 0.361. The number of amides is 1. The summed E-state index contributed by atoms with van der Waals surface area (Å²) in [6.07, 6.45) is 19.7. The second-order valence-electron chi connectivity index (χ2n) is 11.6. The molecule has 0 spiro atoms. The molecule has 6 fully saturated rings. The average molecular weight is 453 g/mol. The number of hydrogen-bond donors (Lipinski definition) is 2. The van der Waals surface area contributed by atoms with Crippen LogP contribution in [0.4, 0.5) is 0 Å². The molecular formula is C24H40BrN2O+. The maximum atomic E-state index is 13.2. The zero-order valence-electron chi connectivity index (χ0n) is 17.7. The van der Waals surface area contributed by atoms with E-state index in [4.69, 9.17) is 0 Å². The molecule has 28 heavy (non-hydrogen) atoms. The molecule has 5 saturated carbocycles. The number of halogens is 1. The van der Waals surface area contributed by atoms with E-state index in [1.165, 1.54) is 103 Å². The largest absolute Gasteiger partial charge is 0.350 e. The Morgan fingerprint density at radius 3 is 2.21 bits per heavy atom. The van der Waals surface area contributed by atoms with Gasteiger partial charge in [-0.3, -0.25) is 4.79 Å². The fraction of sp³-hybridized carbons (Fsp3) is 0.958. The highest BCUT2D eigenvalue weighted by Gasteiger charge is 2.57. The van der Waals surface area contributed by atoms with Gasteiger partial charge in [-0.2, -0.15) is 0 Å². The third-order valence-electron chi connectivity index (χ3n) is 9.29. The summed E-state index contributed by atoms with van der Waals surface area (Å²) in [5, 5.41) is 3.50. The Morgan fingerprint density at radius 2 is 1.57 bits per heavy atom. The first kappa shape index (κ1) is 19.8. The molecule has 3 nitrogen and oxygen atoms in total. The monoisotopic (exact) mass is 451 g/mol. The van der Waals surface area contributed by atoms with E-state index in [0.717, 1.165) is 24.8 Å². The van der Waals surface area contributed by atoms with Gasteiger partial charge in [-0.05, 0) is 87.9 Å². The van der Waals surface area contributed by atoms with Gasteiger partial charge in [0.25, 0.3) is 0 Å². The molecule has 0 aromatic heterocycles. The van der Waals surface area contributed by atoms with Crippen LogP contribution in [0.2, 0.25) is 0 Å². The number of carbonyl (C=O) groups excluding carboxylic acids is 1. The fourth-order valence-electron chi connectivity index (χ4n) is 8.61. The van der Waals surface area contributed by atoms with Gasteiger partial charge < -0.3 is 10.2 Å². The molecule has 0 aromatic carbocycles. The number of hydrogen-bond acceptors (Lipinski definition) is 1. The van der Waals surface area contributed by atoms with E-state index in [9.17, 15) is 4.79 Å². The normalized spacial score (nSPS) is 42.5. The topological polar surface area (TPSA) is 33.5 Å². The summed E-state index contributed by atoms with van der Waals surface area (Å²) in [5.74, 6) is 2.10. The Hall–Kier alpha value is -0.0900. The summed E-state index contributed by atoms with van der Waals surface area (Å²) in [6.45, 7) is 3.59. The van der Waals surface area contributed by atoms with E-state index in [1.54, 1.807) is 0 Å². The number of carbonyl (C=O) groups is 1. The van der Waals surface area contributed by atoms with Crippen LogP contribution in [0.3, 0.4) is 0 Å². The minimum Gasteiger partial charge on any atom is -0.350 e. The molecule has 2 N–H and O–H groups in total. The van der Waals surface area contributed by atoms with Gasteiger partial charge in [-0.15, -0.1) is 0 Å². The van der Waals surface area contributed by atoms with Crippen LogP contribution < -0.4 is 10.2 Å². The lowest BCUT2D eigenvalue weighted by atomic mass is 9.48. The Bertz CT molecular complexity index is 579. The van der Waals surface area contributed by atoms with Gasteiger partial charge in [0, 0.05) is 23.6 Å². The van der Waals surface area contributed by atoms with Crippen LogP contribution in [-0.4, -0.2) is 35.4 Å². The van der Waals surface area contributed by atoms with Crippen LogP contribution in [0, 0.1) is 17.3 Å². The minimum atomic E-state index is 0.301. The molecular weight excluding hydrogens is 412 g/mol. The lowest BCUT2D eigenvalue weighted by Gasteiger charge is -2.60. The van der Waals surface area contributed by atoms with Gasteiger partial charge in [-0.1, -0.05) is 22.4 Å². The number of rotatable bonds is 5. The number of quaternary nitrogens is 1. The summed E-state index contributed by atoms with van der Waals surface area (Å²) in [7, 11) is 0. The maximum Gasteiger partial charge on any atom is 0.220 e. The number of nitrogens with one attached hydrogen (secondary N) is 2. The highest BCUT2D eigenvalue weighted by molar-refractivity contribution is 9.10. The first-order valence-corrected chi connectivity index (χ1v) is 13.1. The van der Waals surface area contributed by atoms with Gasteiger partial charge in [0.1, 0.15) is 5.54 Å². The third kappa shape index (κ3) is 3.82. The standard InChI is InChI=1S/C24H39BrN2O/c25-23-14-19-11-20(15-23)13-22(12-19,17-23)16-21(28)26-18-24(7-3-1-4-8-24)27-9-5-2-6-10-27/h19-20H,1-18H2,(H,26,28)/p+1/t19-,20+,22?,23?. The predicted molar refractivity (Wildman–Crippen MR) is 117 cm³/mol. The molecule has 2 unspecified atom stereocenters. The predicted octanol–water partition coefficient (Wildman–Crippen LogP) is 4.00. The Balaban J connectivity index is 1.23. The molecule has 0 aromatic rings. The lowest BCUT2D eigenvalue weighted by Crippen LogP contribution is -3.22. The number of likely N-dealkylation sites (tertiary alicyclic amines) is 1. The molecule has 5 aliphatic carbocycles. The molecule has 1 heterocycles. The van der Waals surface area contributed by atoms with Crippen molar-refractivity contribution < 1.29 is 9.69 Å². The van der Waals surface area contributed by atoms with E-state index in [1.807, 2.05) is 4.90 Å². The van der Waals surface area contributed by atoms with E-state index in [2.05, 4.69) is 21.2 Å². The molecule has 1 aliphatic heterocycles. The van der Waals surface area contributed by atoms with Crippen molar-refractivity contribution in [3.8, 4) is 0 Å². The minimum absolute atomic E-state index is 0.301. The molecule has 1 amide bonds. The quantitative estimate of drug-likeness (QED) is 0.608. The van der Waals surface area contributed by atoms with Crippen molar-refractivity contribution in [2.75, 3.05) is 19.6 Å². The zero-order valence-corrected chi connectivity index (χ0v) is 19.3. The molecule has 4 heteroatoms. The highest BCUT2D eigenvalue weighted by atomic mass is 79.9. The fourth-order valence-corrected chi connectivity index (χ4v) is 10.1. The first-order valence-electron chi connectivity index (χ1n) is 12.3. The van der Waals surface area contributed by atoms with Crippen LogP contribution in [0.1, 0.15) is 96.3 Å². The Morgan fingerprint density at radius 1 is 0.929 bits per heavy atom. The molecule has 158 valence electrons. The summed E-state index contributed by atoms with van der Waals surface area (Å²) in [4.78, 5) is 15.0. The third-order valence-corrected chi connectivity index (χ3v) is 10.2. The number of alkyl halides is 1. The van der Waals surface area contributed by atoms with Crippen LogP contribution in [0.25, 0.3) is 0 Å². The van der Waals surface area contributed by atoms with Gasteiger partial charge in [0.05, 0.1) is 19.6 Å². The van der Waals surface area contributed by atoms with E-state index < -0.39 is 0 Å². The van der Waals surface area contributed by atoms with Crippen molar-refractivity contribution in [1.29, 1.82) is 0 Å². The van der Waals surface area contributed by atoms with E-state index >= 15 is 0 Å². The van der Waals surface area contributed by atoms with Crippen LogP contribution in [-0.2, 0) is 4.79 Å². The Kier molecular flexibility index (Phi) is 5.35. The van der Waals surface area contributed by atoms with Crippen molar-refractivity contribution in [2.24, 2.45) is 17.3 Å². The molecule has 4 bridgehead atoms. The lowest BCUT2D eigenvalue weighted by molar-refractivity contribution is -0.957. The second-order valence-corrected chi connectivity index (χ2v) is 13.3. The van der Waals surface area contributed by atoms with Gasteiger partial charge >= 0.3 is 0 Å². The van der Waals surface area contributed by atoms with E-state index in [-0.39, 0.29) is 0 Å². The zero-order chi connectivity index (χ0) is 19.2. The van der Waals surface area contributed by atoms with Gasteiger partial charge in [0.2, 0.25) is 5.91 Å². The summed E-state index contributed by atoms with van der Waals surface area (Å²) >= 11 is 4.11. The summed E-state index contributed by atoms with van der Waals surface area (Å²) in [6, 6.07) is 0. The maximum absolute atomic E-state index is 13.2. The Labute approximate surface area is 179 Å². The molecule has 6 rings (SSSR count). The second kappa shape index (κ2) is 7.55. The van der Waals surface area contributed by atoms with Crippen molar-refractivity contribution >= 4 is 21.8 Å². The van der Waals surface area contributed by atoms with Crippen LogP contribution in [0.5, 0.6) is 0 Å². The van der Waals surface area contributed by atoms with Gasteiger partial charge in [0.15, 0.2) is 0 Å². The SMILES string of the molecule is O=C(CC12C[C@@H]3C[C@@H](CC(Br)(C3)C1)C2)NCC1([NH+]2CCCCC2)CCCCC1. The van der Waals surface area contributed by atoms with Crippen molar-refractivity contribution in [3.63, 3.8) is 0 Å². The van der Waals surface area contributed by atoms with Crippen molar-refractivity contribution in [3.05, 3.63) is 0 Å². The molecule has 6 aliphatic rings. The van der Waals surface area contributed by atoms with E-state index in [0.29, 0.717) is 21.2 Å². The highest BCUT2D eigenvalue weighted by Crippen LogP contribution is 2.65. The average Bonchev–Trinajstić information content (AvgIpc) is 2.65. The number of piperidine rings is 1. The molecule has 0 radical (unpaired) electrons. The molecule has 4 atom stereocenters. The van der Waals surface area contributed by atoms with Crippen LogP contribution >= 0.6 is 15.9 Å². The first-order chi connectivity index (χ1) is 13.5. The van der Waals surface area contributed by atoms with Crippen molar-refractivity contribution in [2.45, 2.75) is 106 Å². The smallest absolute Gasteiger partial charge is 0.220 e. The van der Waals surface area contributed by atoms with Crippen LogP contribution in [0.15, 0.2) is 0 Å².